The third-order valence-corrected chi connectivity index (χ3v) is 15.6. The molecule has 69 heavy (non-hydrogen) atoms. The Morgan fingerprint density at radius 1 is 0.377 bits per heavy atom. The Hall–Kier alpha value is -8.40. The molecule has 14 rings (SSSR count). The summed E-state index contributed by atoms with van der Waals surface area (Å²) in [5.41, 5.74) is 23.8. The molecule has 0 spiro atoms. The fraction of sp³-hybridized carbons (Fsp3) is 0.0909. The molecule has 2 aliphatic carbocycles. The number of aromatic nitrogens is 1. The van der Waals surface area contributed by atoms with Gasteiger partial charge in [0.25, 0.3) is 0 Å². The molecule has 2 aliphatic rings. The van der Waals surface area contributed by atoms with Crippen LogP contribution in [0.1, 0.15) is 49.9 Å². The van der Waals surface area contributed by atoms with E-state index in [1.807, 2.05) is 0 Å². The minimum atomic E-state index is -0.135. The number of benzene rings is 10. The maximum atomic E-state index is 6.67. The summed E-state index contributed by atoms with van der Waals surface area (Å²) in [5.74, 6) is 0. The van der Waals surface area contributed by atoms with Crippen LogP contribution < -0.4 is 4.90 Å². The Morgan fingerprint density at radius 2 is 0.899 bits per heavy atom. The van der Waals surface area contributed by atoms with Gasteiger partial charge in [0.1, 0.15) is 11.2 Å². The second kappa shape index (κ2) is 14.6. The largest absolute Gasteiger partial charge is 0.456 e. The van der Waals surface area contributed by atoms with Crippen molar-refractivity contribution in [3.63, 3.8) is 0 Å². The molecule has 10 aromatic carbocycles. The molecule has 0 unspecified atom stereocenters. The molecule has 0 fully saturated rings. The van der Waals surface area contributed by atoms with Gasteiger partial charge in [-0.3, -0.25) is 0 Å². The molecule has 12 aromatic rings. The molecule has 3 nitrogen and oxygen atoms in total. The summed E-state index contributed by atoms with van der Waals surface area (Å²) < 4.78 is 9.05. The Balaban J connectivity index is 0.943. The average Bonchev–Trinajstić information content (AvgIpc) is 4.08. The summed E-state index contributed by atoms with van der Waals surface area (Å²) in [4.78, 5) is 2.54. The molecule has 0 aliphatic heterocycles. The first-order chi connectivity index (χ1) is 33.8. The molecule has 2 heterocycles. The highest BCUT2D eigenvalue weighted by molar-refractivity contribution is 6.18. The molecule has 0 saturated heterocycles. The van der Waals surface area contributed by atoms with Crippen molar-refractivity contribution in [1.29, 1.82) is 0 Å². The van der Waals surface area contributed by atoms with Crippen LogP contribution in [0.2, 0.25) is 0 Å². The van der Waals surface area contributed by atoms with Crippen molar-refractivity contribution in [2.24, 2.45) is 0 Å². The van der Waals surface area contributed by atoms with Crippen LogP contribution in [0.25, 0.3) is 93.9 Å². The third-order valence-electron chi connectivity index (χ3n) is 15.6. The summed E-state index contributed by atoms with van der Waals surface area (Å²) >= 11 is 0. The summed E-state index contributed by atoms with van der Waals surface area (Å²) in [6.45, 7) is 9.47. The Bertz CT molecular complexity index is 3960. The highest BCUT2D eigenvalue weighted by Gasteiger charge is 2.40. The molecule has 0 amide bonds. The molecular weight excluding hydrogens is 837 g/mol. The summed E-state index contributed by atoms with van der Waals surface area (Å²) in [7, 11) is 0. The normalized spacial score (nSPS) is 14.0. The second-order valence-electron chi connectivity index (χ2n) is 20.0. The predicted molar refractivity (Wildman–Crippen MR) is 289 cm³/mol. The van der Waals surface area contributed by atoms with Gasteiger partial charge in [-0.05, 0) is 122 Å². The number of hydrogen-bond acceptors (Lipinski definition) is 2. The standard InChI is InChI=1S/C66H48N2O/c1-65(2)51-25-11-8-20-47(51)63-53(65)27-16-31-57(63)68(58-32-17-28-54-64(58)48-21-9-12-26-52(48)66(54,3)4)44-37-34-41(35-38-44)45-24-15-33-60-62(45)50-40-42(36-39-59(50)69-60)46-23-14-30-56-61(46)49-22-10-13-29-55(49)67(56)43-18-6-5-7-19-43/h5-40H,1-4H3. The van der Waals surface area contributed by atoms with Gasteiger partial charge in [-0.15, -0.1) is 0 Å². The van der Waals surface area contributed by atoms with E-state index in [0.717, 1.165) is 50.0 Å². The number of hydrogen-bond donors (Lipinski definition) is 0. The summed E-state index contributed by atoms with van der Waals surface area (Å²) in [6.07, 6.45) is 0. The van der Waals surface area contributed by atoms with Crippen molar-refractivity contribution >= 4 is 60.8 Å². The lowest BCUT2D eigenvalue weighted by molar-refractivity contribution is 0.660. The zero-order chi connectivity index (χ0) is 46.2. The van der Waals surface area contributed by atoms with Crippen LogP contribution in [0.4, 0.5) is 17.1 Å². The summed E-state index contributed by atoms with van der Waals surface area (Å²) in [6, 6.07) is 80.4. The molecule has 2 aromatic heterocycles. The second-order valence-corrected chi connectivity index (χ2v) is 20.0. The lowest BCUT2D eigenvalue weighted by Crippen LogP contribution is -2.17. The molecule has 0 radical (unpaired) electrons. The molecule has 3 heteroatoms. The first-order valence-electron chi connectivity index (χ1n) is 24.2. The smallest absolute Gasteiger partial charge is 0.136 e. The molecule has 0 atom stereocenters. The Kier molecular flexibility index (Phi) is 8.38. The first kappa shape index (κ1) is 39.7. The molecular formula is C66H48N2O. The van der Waals surface area contributed by atoms with Crippen molar-refractivity contribution in [1.82, 2.24) is 4.57 Å². The van der Waals surface area contributed by atoms with Gasteiger partial charge in [-0.1, -0.05) is 179 Å². The van der Waals surface area contributed by atoms with Gasteiger partial charge in [-0.25, -0.2) is 0 Å². The van der Waals surface area contributed by atoms with E-state index in [-0.39, 0.29) is 10.8 Å². The highest BCUT2D eigenvalue weighted by atomic mass is 16.3. The van der Waals surface area contributed by atoms with E-state index in [0.29, 0.717) is 0 Å². The maximum Gasteiger partial charge on any atom is 0.136 e. The average molecular weight is 885 g/mol. The first-order valence-corrected chi connectivity index (χ1v) is 24.2. The number of nitrogens with zero attached hydrogens (tertiary/aromatic N) is 2. The zero-order valence-electron chi connectivity index (χ0n) is 39.1. The lowest BCUT2D eigenvalue weighted by atomic mass is 9.82. The zero-order valence-corrected chi connectivity index (χ0v) is 39.1. The van der Waals surface area contributed by atoms with E-state index in [1.165, 1.54) is 83.3 Å². The van der Waals surface area contributed by atoms with Crippen LogP contribution in [-0.2, 0) is 10.8 Å². The van der Waals surface area contributed by atoms with Crippen LogP contribution in [0.5, 0.6) is 0 Å². The van der Waals surface area contributed by atoms with Crippen LogP contribution >= 0.6 is 0 Å². The Labute approximate surface area is 402 Å². The van der Waals surface area contributed by atoms with Gasteiger partial charge < -0.3 is 13.9 Å². The van der Waals surface area contributed by atoms with Gasteiger partial charge >= 0.3 is 0 Å². The number of para-hydroxylation sites is 2. The van der Waals surface area contributed by atoms with Crippen molar-refractivity contribution in [2.45, 2.75) is 38.5 Å². The van der Waals surface area contributed by atoms with Crippen LogP contribution in [0.15, 0.2) is 223 Å². The minimum absolute atomic E-state index is 0.135. The SMILES string of the molecule is CC1(C)c2ccccc2-c2c(N(c3ccc(-c4cccc5oc6ccc(-c7cccc8c7c7ccccc7n8-c7ccccc7)cc6c45)cc3)c3cccc4c3-c3ccccc3C4(C)C)cccc21. The van der Waals surface area contributed by atoms with Gasteiger partial charge in [0.15, 0.2) is 0 Å². The van der Waals surface area contributed by atoms with Crippen molar-refractivity contribution in [3.8, 4) is 50.2 Å². The molecule has 0 bridgehead atoms. The lowest BCUT2D eigenvalue weighted by Gasteiger charge is -2.31. The molecule has 328 valence electrons. The molecule has 0 saturated carbocycles. The van der Waals surface area contributed by atoms with E-state index >= 15 is 0 Å². The van der Waals surface area contributed by atoms with Crippen LogP contribution in [0, 0.1) is 0 Å². The van der Waals surface area contributed by atoms with Gasteiger partial charge in [0, 0.05) is 54.9 Å². The predicted octanol–water partition coefficient (Wildman–Crippen LogP) is 18.1. The third kappa shape index (κ3) is 5.62. The number of fused-ring (bicyclic) bond motifs is 12. The van der Waals surface area contributed by atoms with E-state index in [4.69, 9.17) is 4.42 Å². The van der Waals surface area contributed by atoms with E-state index in [9.17, 15) is 0 Å². The van der Waals surface area contributed by atoms with Gasteiger partial charge in [0.2, 0.25) is 0 Å². The maximum absolute atomic E-state index is 6.67. The van der Waals surface area contributed by atoms with Crippen LogP contribution in [-0.4, -0.2) is 4.57 Å². The van der Waals surface area contributed by atoms with Crippen molar-refractivity contribution < 1.29 is 4.42 Å². The molecule has 0 N–H and O–H groups in total. The van der Waals surface area contributed by atoms with Crippen molar-refractivity contribution in [3.05, 3.63) is 241 Å². The minimum Gasteiger partial charge on any atom is -0.456 e. The summed E-state index contributed by atoms with van der Waals surface area (Å²) in [5, 5.41) is 4.71. The topological polar surface area (TPSA) is 21.3 Å². The number of rotatable bonds is 6. The monoisotopic (exact) mass is 884 g/mol. The highest BCUT2D eigenvalue weighted by Crippen LogP contribution is 2.58. The van der Waals surface area contributed by atoms with Crippen LogP contribution in [0.3, 0.4) is 0 Å². The fourth-order valence-electron chi connectivity index (χ4n) is 12.4. The Morgan fingerprint density at radius 3 is 1.58 bits per heavy atom. The number of furan rings is 1. The van der Waals surface area contributed by atoms with Gasteiger partial charge in [-0.2, -0.15) is 0 Å². The number of anilines is 3. The van der Waals surface area contributed by atoms with E-state index < -0.39 is 0 Å². The quantitative estimate of drug-likeness (QED) is 0.166. The van der Waals surface area contributed by atoms with E-state index in [1.54, 1.807) is 0 Å². The van der Waals surface area contributed by atoms with Crippen molar-refractivity contribution in [2.75, 3.05) is 4.90 Å². The van der Waals surface area contributed by atoms with E-state index in [2.05, 4.69) is 256 Å². The van der Waals surface area contributed by atoms with Gasteiger partial charge in [0.05, 0.1) is 22.4 Å². The fourth-order valence-corrected chi connectivity index (χ4v) is 12.4.